The van der Waals surface area contributed by atoms with Gasteiger partial charge in [-0.2, -0.15) is 0 Å². The lowest BCUT2D eigenvalue weighted by molar-refractivity contribution is -0.217. The Bertz CT molecular complexity index is 1890. The van der Waals surface area contributed by atoms with Gasteiger partial charge in [0.05, 0.1) is 25.3 Å². The van der Waals surface area contributed by atoms with Gasteiger partial charge in [0.25, 0.3) is 0 Å². The van der Waals surface area contributed by atoms with Crippen molar-refractivity contribution in [2.75, 3.05) is 0 Å². The maximum absolute atomic E-state index is 14.5. The molecule has 5 aliphatic rings. The third-order valence-corrected chi connectivity index (χ3v) is 14.3. The first-order valence-electron chi connectivity index (χ1n) is 16.0. The Morgan fingerprint density at radius 3 is 1.74 bits per heavy atom. The van der Waals surface area contributed by atoms with E-state index in [1.807, 2.05) is 50.3 Å². The average Bonchev–Trinajstić information content (AvgIpc) is 3.45. The van der Waals surface area contributed by atoms with E-state index in [4.69, 9.17) is 28.1 Å². The van der Waals surface area contributed by atoms with Crippen LogP contribution in [0.2, 0.25) is 0 Å². The number of hydrogen-bond acceptors (Lipinski definition) is 11. The fourth-order valence-corrected chi connectivity index (χ4v) is 9.11. The van der Waals surface area contributed by atoms with E-state index in [9.17, 15) is 24.0 Å². The molecule has 7 rings (SSSR count). The molecule has 2 aliphatic carbocycles. The van der Waals surface area contributed by atoms with Gasteiger partial charge in [0.2, 0.25) is 16.6 Å². The normalized spacial score (nSPS) is 36.8. The molecule has 3 aliphatic heterocycles. The molecule has 2 aromatic rings. The Morgan fingerprint density at radius 1 is 0.766 bits per heavy atom. The highest BCUT2D eigenvalue weighted by atomic mass is 127. The molecule has 252 valence electrons. The van der Waals surface area contributed by atoms with Crippen molar-refractivity contribution in [1.29, 1.82) is 0 Å². The molecule has 47 heavy (non-hydrogen) atoms. The largest absolute Gasteiger partial charge is 0.483 e. The van der Waals surface area contributed by atoms with Gasteiger partial charge in [0, 0.05) is 10.8 Å². The first-order chi connectivity index (χ1) is 21.6. The zero-order valence-corrected chi connectivity index (χ0v) is 30.2. The summed E-state index contributed by atoms with van der Waals surface area (Å²) in [7, 11) is 0. The van der Waals surface area contributed by atoms with Gasteiger partial charge in [0.1, 0.15) is 22.7 Å². The maximum atomic E-state index is 14.5. The summed E-state index contributed by atoms with van der Waals surface area (Å²) in [6.45, 7) is 15.9. The zero-order valence-electron chi connectivity index (χ0n) is 28.0. The zero-order chi connectivity index (χ0) is 34.5. The first kappa shape index (κ1) is 32.4. The number of halogens is 1. The predicted molar refractivity (Wildman–Crippen MR) is 173 cm³/mol. The Labute approximate surface area is 285 Å². The number of aryl methyl sites for hydroxylation is 1. The minimum absolute atomic E-state index is 0.121. The van der Waals surface area contributed by atoms with E-state index < -0.39 is 74.5 Å². The van der Waals surface area contributed by atoms with Gasteiger partial charge in [-0.15, -0.1) is 0 Å². The van der Waals surface area contributed by atoms with Crippen molar-refractivity contribution in [1.82, 2.24) is 0 Å². The van der Waals surface area contributed by atoms with Crippen LogP contribution in [-0.2, 0) is 38.1 Å². The molecule has 0 unspecified atom stereocenters. The van der Waals surface area contributed by atoms with Crippen LogP contribution < -0.4 is 10.2 Å². The number of carbonyl (C=O) groups excluding carboxylic acids is 4. The van der Waals surface area contributed by atoms with Gasteiger partial charge >= 0.3 is 23.9 Å². The number of hydrogen-bond donors (Lipinski definition) is 0. The second kappa shape index (κ2) is 9.29. The molecule has 1 aromatic carbocycles. The van der Waals surface area contributed by atoms with E-state index in [2.05, 4.69) is 0 Å². The molecule has 0 amide bonds. The first-order valence-corrected chi connectivity index (χ1v) is 17.0. The molecule has 0 spiro atoms. The Kier molecular flexibility index (Phi) is 6.40. The van der Waals surface area contributed by atoms with Crippen LogP contribution >= 0.6 is 22.6 Å². The summed E-state index contributed by atoms with van der Waals surface area (Å²) in [5.41, 5.74) is -8.02. The maximum Gasteiger partial charge on any atom is 0.351 e. The lowest BCUT2D eigenvalue weighted by atomic mass is 9.66. The van der Waals surface area contributed by atoms with E-state index in [0.29, 0.717) is 22.2 Å². The standard InChI is InChI=1S/C35H39IO11/c1-16-20(36)21(37)17-10-11-18-19(22(17)42-16)23(43-27(40)34-14-12-32(8,25(38)46-34)30(34,4)5)24(29(2,3)45-18)44-28(41)35-15-13-33(9,26(39)47-35)31(35,6)7/h10-11,23-24H,12-15H2,1-9H3/t23-,24-,32+,33+,34-,35-/m1/s1. The fourth-order valence-electron chi connectivity index (χ4n) is 8.71. The van der Waals surface area contributed by atoms with E-state index >= 15 is 0 Å². The van der Waals surface area contributed by atoms with Gasteiger partial charge in [-0.1, -0.05) is 27.7 Å². The summed E-state index contributed by atoms with van der Waals surface area (Å²) in [5, 5.41) is 0.225. The summed E-state index contributed by atoms with van der Waals surface area (Å²) in [5.74, 6) is -1.91. The van der Waals surface area contributed by atoms with Crippen LogP contribution in [0.1, 0.15) is 98.5 Å². The van der Waals surface area contributed by atoms with E-state index in [1.54, 1.807) is 46.8 Å². The summed E-state index contributed by atoms with van der Waals surface area (Å²) < 4.78 is 37.4. The predicted octanol–water partition coefficient (Wildman–Crippen LogP) is 5.62. The lowest BCUT2D eigenvalue weighted by Gasteiger charge is -2.45. The van der Waals surface area contributed by atoms with E-state index in [1.165, 1.54) is 0 Å². The Balaban J connectivity index is 1.38. The smallest absolute Gasteiger partial charge is 0.351 e. The average molecular weight is 763 g/mol. The van der Waals surface area contributed by atoms with Crippen LogP contribution in [0.15, 0.2) is 21.3 Å². The van der Waals surface area contributed by atoms with Crippen LogP contribution in [0.5, 0.6) is 5.75 Å². The second-order valence-corrected chi connectivity index (χ2v) is 16.9. The molecule has 4 bridgehead atoms. The minimum atomic E-state index is -1.60. The second-order valence-electron chi connectivity index (χ2n) is 15.9. The number of esters is 4. The topological polar surface area (TPSA) is 145 Å². The molecule has 11 nitrogen and oxygen atoms in total. The number of rotatable bonds is 4. The van der Waals surface area contributed by atoms with Crippen molar-refractivity contribution in [2.24, 2.45) is 21.7 Å². The molecule has 2 saturated carbocycles. The quantitative estimate of drug-likeness (QED) is 0.218. The van der Waals surface area contributed by atoms with Gasteiger partial charge in [-0.3, -0.25) is 14.4 Å². The fraction of sp³-hybridized carbons (Fsp3) is 0.629. The molecule has 6 atom stereocenters. The molecule has 4 fully saturated rings. The molecule has 2 saturated heterocycles. The Hall–Kier alpha value is -3.16. The monoisotopic (exact) mass is 762 g/mol. The van der Waals surface area contributed by atoms with Gasteiger partial charge in [-0.25, -0.2) is 9.59 Å². The van der Waals surface area contributed by atoms with Gasteiger partial charge in [0.15, 0.2) is 12.2 Å². The van der Waals surface area contributed by atoms with Crippen molar-refractivity contribution in [3.63, 3.8) is 0 Å². The van der Waals surface area contributed by atoms with Crippen LogP contribution in [0.4, 0.5) is 0 Å². The summed E-state index contributed by atoms with van der Waals surface area (Å²) in [6.07, 6.45) is -1.29. The van der Waals surface area contributed by atoms with Crippen LogP contribution in [0.25, 0.3) is 11.0 Å². The van der Waals surface area contributed by atoms with E-state index in [-0.39, 0.29) is 40.6 Å². The summed E-state index contributed by atoms with van der Waals surface area (Å²) in [4.78, 5) is 68.4. The molecule has 0 N–H and O–H groups in total. The third-order valence-electron chi connectivity index (χ3n) is 13.1. The summed E-state index contributed by atoms with van der Waals surface area (Å²) >= 11 is 1.92. The van der Waals surface area contributed by atoms with Gasteiger partial charge < -0.3 is 28.1 Å². The summed E-state index contributed by atoms with van der Waals surface area (Å²) in [6, 6.07) is 3.19. The number of fused-ring (bicyclic) bond motifs is 7. The highest BCUT2D eigenvalue weighted by Crippen LogP contribution is 2.67. The van der Waals surface area contributed by atoms with Crippen molar-refractivity contribution in [3.05, 3.63) is 37.2 Å². The van der Waals surface area contributed by atoms with Crippen LogP contribution in [0.3, 0.4) is 0 Å². The molecule has 1 aromatic heterocycles. The van der Waals surface area contributed by atoms with Crippen LogP contribution in [-0.4, -0.2) is 46.8 Å². The molecule has 12 heteroatoms. The van der Waals surface area contributed by atoms with Crippen molar-refractivity contribution in [2.45, 2.75) is 117 Å². The number of carbonyl (C=O) groups is 4. The number of ether oxygens (including phenoxy) is 5. The van der Waals surface area contributed by atoms with E-state index in [0.717, 1.165) is 0 Å². The van der Waals surface area contributed by atoms with Crippen LogP contribution in [0, 0.1) is 32.2 Å². The molecule has 0 radical (unpaired) electrons. The number of benzene rings is 1. The van der Waals surface area contributed by atoms with Gasteiger partial charge in [-0.05, 0) is 95.0 Å². The molecule has 4 heterocycles. The van der Waals surface area contributed by atoms with Crippen molar-refractivity contribution in [3.8, 4) is 5.75 Å². The third kappa shape index (κ3) is 3.60. The highest BCUT2D eigenvalue weighted by Gasteiger charge is 2.78. The van der Waals surface area contributed by atoms with Crippen molar-refractivity contribution < 1.29 is 47.3 Å². The molecular formula is C35H39IO11. The Morgan fingerprint density at radius 2 is 1.28 bits per heavy atom. The lowest BCUT2D eigenvalue weighted by Crippen LogP contribution is -2.57. The SMILES string of the molecule is Cc1oc2c3c(ccc2c(=O)c1I)OC(C)(C)[C@H](OC(=O)[C@@]12CC[C@@](C)(C(=O)O1)C2(C)C)[C@@H]3OC(=O)[C@@]12CC[C@@](C)(C(=O)O1)C2(C)C. The minimum Gasteiger partial charge on any atom is -0.483 e. The van der Waals surface area contributed by atoms with Crippen molar-refractivity contribution >= 4 is 57.4 Å². The highest BCUT2D eigenvalue weighted by molar-refractivity contribution is 14.1. The molecular weight excluding hydrogens is 723 g/mol.